The maximum Gasteiger partial charge on any atom is 0.242 e. The van der Waals surface area contributed by atoms with E-state index in [-0.39, 0.29) is 34.3 Å². The summed E-state index contributed by atoms with van der Waals surface area (Å²) in [6.45, 7) is 33.0. The second kappa shape index (κ2) is 20.8. The van der Waals surface area contributed by atoms with Crippen molar-refractivity contribution < 1.29 is 14.4 Å². The molecule has 394 valence electrons. The van der Waals surface area contributed by atoms with Crippen LogP contribution in [-0.2, 0) is 14.4 Å². The van der Waals surface area contributed by atoms with Gasteiger partial charge in [0.25, 0.3) is 0 Å². The molecule has 3 saturated heterocycles. The van der Waals surface area contributed by atoms with Crippen LogP contribution in [0.3, 0.4) is 0 Å². The van der Waals surface area contributed by atoms with E-state index in [9.17, 15) is 14.4 Å². The molecule has 3 aliphatic carbocycles. The third-order valence-electron chi connectivity index (χ3n) is 19.0. The van der Waals surface area contributed by atoms with Gasteiger partial charge in [-0.15, -0.1) is 5.53 Å². The highest BCUT2D eigenvalue weighted by Gasteiger charge is 2.51. The number of rotatable bonds is 15. The van der Waals surface area contributed by atoms with Crippen LogP contribution in [0.5, 0.6) is 0 Å². The van der Waals surface area contributed by atoms with Crippen molar-refractivity contribution in [1.29, 1.82) is 0 Å². The summed E-state index contributed by atoms with van der Waals surface area (Å²) in [4.78, 5) is 58.9. The van der Waals surface area contributed by atoms with Crippen LogP contribution in [0.25, 0.3) is 0 Å². The number of carbonyl (C=O) groups excluding carboxylic acids is 3. The Morgan fingerprint density at radius 1 is 0.478 bits per heavy atom. The fourth-order valence-electron chi connectivity index (χ4n) is 13.7. The van der Waals surface area contributed by atoms with Crippen molar-refractivity contribution in [3.8, 4) is 0 Å². The lowest BCUT2D eigenvalue weighted by Crippen LogP contribution is -2.72. The Kier molecular flexibility index (Phi) is 16.3. The van der Waals surface area contributed by atoms with Crippen LogP contribution >= 0.6 is 0 Å². The predicted molar refractivity (Wildman–Crippen MR) is 278 cm³/mol. The molecule has 0 aromatic heterocycles. The van der Waals surface area contributed by atoms with Gasteiger partial charge >= 0.3 is 0 Å². The predicted octanol–water partition coefficient (Wildman–Crippen LogP) is 6.59. The van der Waals surface area contributed by atoms with Gasteiger partial charge in [0.2, 0.25) is 17.7 Å². The zero-order valence-corrected chi connectivity index (χ0v) is 46.6. The number of nitrogens with zero attached hydrogens (tertiary/aromatic N) is 11. The fourth-order valence-corrected chi connectivity index (χ4v) is 13.7. The first-order valence-electron chi connectivity index (χ1n) is 27.6. The standard InChI is InChI=1S/C54H100N12O3/c1-49(2)39-59(46(67)52(7,8)56(49)13)31-34-62(42-25-19-16-20-26-42)45-37-65(63(43-27-21-17-22-28-43)35-32-60-40-50(3,4)57(14)53(9,10)47(60)68)55-66(38-45)64(44-29-23-18-24-30-44)36-33-61-41-51(5,6)58(15)54(11,12)48(61)69/h37,42-44,55H,16-36,38-41H2,1-15H3. The quantitative estimate of drug-likeness (QED) is 0.192. The summed E-state index contributed by atoms with van der Waals surface area (Å²) in [7, 11) is 6.30. The number of hydrazine groups is 4. The molecule has 0 bridgehead atoms. The van der Waals surface area contributed by atoms with Crippen LogP contribution in [0.4, 0.5) is 0 Å². The van der Waals surface area contributed by atoms with Crippen LogP contribution < -0.4 is 5.53 Å². The van der Waals surface area contributed by atoms with E-state index >= 15 is 0 Å². The number of nitrogens with one attached hydrogen (secondary N) is 1. The summed E-state index contributed by atoms with van der Waals surface area (Å²) in [6, 6.07) is 1.03. The molecule has 3 amide bonds. The van der Waals surface area contributed by atoms with E-state index in [4.69, 9.17) is 0 Å². The molecule has 7 aliphatic rings. The molecule has 4 heterocycles. The Hall–Kier alpha value is -2.53. The number of likely N-dealkylation sites (N-methyl/N-ethyl adjacent to an activating group) is 3. The summed E-state index contributed by atoms with van der Waals surface area (Å²) >= 11 is 0. The molecule has 4 aliphatic heterocycles. The normalized spacial score (nSPS) is 28.0. The van der Waals surface area contributed by atoms with E-state index in [1.165, 1.54) is 63.5 Å². The van der Waals surface area contributed by atoms with Crippen LogP contribution in [0, 0.1) is 0 Å². The smallest absolute Gasteiger partial charge is 0.242 e. The largest absolute Gasteiger partial charge is 0.368 e. The van der Waals surface area contributed by atoms with E-state index in [1.54, 1.807) is 0 Å². The molecule has 0 atom stereocenters. The maximum atomic E-state index is 14.3. The fraction of sp³-hybridized carbons (Fsp3) is 0.907. The second-order valence-corrected chi connectivity index (χ2v) is 26.0. The lowest BCUT2D eigenvalue weighted by Gasteiger charge is -2.55. The summed E-state index contributed by atoms with van der Waals surface area (Å²) in [5, 5.41) is 9.98. The Balaban J connectivity index is 1.27. The second-order valence-electron chi connectivity index (χ2n) is 26.0. The van der Waals surface area contributed by atoms with Crippen LogP contribution in [0.1, 0.15) is 179 Å². The average molecular weight is 965 g/mol. The van der Waals surface area contributed by atoms with Crippen molar-refractivity contribution in [2.75, 3.05) is 86.6 Å². The van der Waals surface area contributed by atoms with Crippen molar-refractivity contribution in [3.63, 3.8) is 0 Å². The summed E-state index contributed by atoms with van der Waals surface area (Å²) in [5.74, 6) is 0.597. The molecule has 1 N–H and O–H groups in total. The van der Waals surface area contributed by atoms with Crippen molar-refractivity contribution in [3.05, 3.63) is 11.9 Å². The molecule has 15 nitrogen and oxygen atoms in total. The number of carbonyl (C=O) groups is 3. The third kappa shape index (κ3) is 11.2. The van der Waals surface area contributed by atoms with Gasteiger partial charge < -0.3 is 19.6 Å². The van der Waals surface area contributed by atoms with Gasteiger partial charge in [-0.05, 0) is 143 Å². The van der Waals surface area contributed by atoms with E-state index in [0.29, 0.717) is 70.5 Å². The van der Waals surface area contributed by atoms with Crippen LogP contribution in [0.2, 0.25) is 0 Å². The molecule has 69 heavy (non-hydrogen) atoms. The maximum absolute atomic E-state index is 14.3. The minimum absolute atomic E-state index is 0.152. The summed E-state index contributed by atoms with van der Waals surface area (Å²) in [5.41, 5.74) is 3.09. The van der Waals surface area contributed by atoms with E-state index < -0.39 is 16.6 Å². The number of hydrogen-bond acceptors (Lipinski definition) is 12. The number of piperazine rings is 3. The van der Waals surface area contributed by atoms with E-state index in [2.05, 4.69) is 171 Å². The van der Waals surface area contributed by atoms with Gasteiger partial charge in [0.1, 0.15) is 0 Å². The average Bonchev–Trinajstić information content (AvgIpc) is 3.31. The first-order chi connectivity index (χ1) is 32.2. The van der Waals surface area contributed by atoms with Gasteiger partial charge in [0, 0.05) is 93.6 Å². The Bertz CT molecular complexity index is 1830. The summed E-state index contributed by atoms with van der Waals surface area (Å²) in [6.07, 6.45) is 20.2. The van der Waals surface area contributed by atoms with Crippen molar-refractivity contribution in [2.45, 2.75) is 231 Å². The molecular weight excluding hydrogens is 865 g/mol. The lowest BCUT2D eigenvalue weighted by atomic mass is 9.87. The topological polar surface area (TPSA) is 98.9 Å². The van der Waals surface area contributed by atoms with Gasteiger partial charge in [0.05, 0.1) is 35.1 Å². The molecule has 0 spiro atoms. The van der Waals surface area contributed by atoms with Gasteiger partial charge in [-0.3, -0.25) is 29.1 Å². The zero-order chi connectivity index (χ0) is 50.5. The van der Waals surface area contributed by atoms with Crippen molar-refractivity contribution in [1.82, 2.24) is 60.1 Å². The van der Waals surface area contributed by atoms with Crippen LogP contribution in [0.15, 0.2) is 11.9 Å². The van der Waals surface area contributed by atoms with Crippen molar-refractivity contribution >= 4 is 17.7 Å². The SMILES string of the molecule is CN1C(C)(C)CN(CCN(C2=CN(N(CCN3CC(C)(C)N(C)C(C)(C)C3=O)C3CCCCC3)NN(N(CCN3CC(C)(C)N(C)C(C)(C)C3=O)C3CCCCC3)C2)C2CCCCC2)C(=O)C1(C)C. The highest BCUT2D eigenvalue weighted by Crippen LogP contribution is 2.37. The van der Waals surface area contributed by atoms with Gasteiger partial charge in [-0.25, -0.2) is 15.1 Å². The Labute approximate surface area is 420 Å². The van der Waals surface area contributed by atoms with Gasteiger partial charge in [-0.2, -0.15) is 5.12 Å². The van der Waals surface area contributed by atoms with Gasteiger partial charge in [0.15, 0.2) is 0 Å². The molecule has 7 rings (SSSR count). The number of hydrogen-bond donors (Lipinski definition) is 1. The molecule has 3 saturated carbocycles. The molecule has 0 radical (unpaired) electrons. The molecule has 15 heteroatoms. The zero-order valence-electron chi connectivity index (χ0n) is 46.6. The third-order valence-corrected chi connectivity index (χ3v) is 19.0. The number of amides is 3. The molecule has 0 unspecified atom stereocenters. The summed E-state index contributed by atoms with van der Waals surface area (Å²) < 4.78 is 0. The molecule has 6 fully saturated rings. The highest BCUT2D eigenvalue weighted by molar-refractivity contribution is 5.87. The monoisotopic (exact) mass is 965 g/mol. The molecule has 0 aromatic rings. The van der Waals surface area contributed by atoms with Crippen molar-refractivity contribution in [2.24, 2.45) is 0 Å². The van der Waals surface area contributed by atoms with E-state index in [1.807, 2.05) is 0 Å². The van der Waals surface area contributed by atoms with Gasteiger partial charge in [-0.1, -0.05) is 57.8 Å². The Morgan fingerprint density at radius 3 is 1.20 bits per heavy atom. The van der Waals surface area contributed by atoms with Crippen LogP contribution in [-0.4, -0.2) is 210 Å². The minimum atomic E-state index is -0.600. The Morgan fingerprint density at radius 2 is 0.812 bits per heavy atom. The minimum Gasteiger partial charge on any atom is -0.368 e. The first-order valence-corrected chi connectivity index (χ1v) is 27.6. The molecule has 0 aromatic carbocycles. The highest BCUT2D eigenvalue weighted by atomic mass is 16.2. The molecular formula is C54H100N12O3. The van der Waals surface area contributed by atoms with E-state index in [0.717, 1.165) is 51.6 Å². The first kappa shape index (κ1) is 54.2. The lowest BCUT2D eigenvalue weighted by molar-refractivity contribution is -0.217.